The highest BCUT2D eigenvalue weighted by atomic mass is 16.6. The number of allylic oxidation sites excluding steroid dienone is 1. The number of carbonyl (C=O) groups is 2. The van der Waals surface area contributed by atoms with Gasteiger partial charge >= 0.3 is 11.9 Å². The molecule has 0 bridgehead atoms. The van der Waals surface area contributed by atoms with E-state index in [-0.39, 0.29) is 36.5 Å². The molecular weight excluding hydrogens is 368 g/mol. The van der Waals surface area contributed by atoms with Crippen molar-refractivity contribution >= 4 is 23.3 Å². The van der Waals surface area contributed by atoms with Gasteiger partial charge in [-0.1, -0.05) is 18.2 Å². The topological polar surface area (TPSA) is 128 Å². The maximum absolute atomic E-state index is 12.8. The van der Waals surface area contributed by atoms with Gasteiger partial charge in [0.1, 0.15) is 5.92 Å². The van der Waals surface area contributed by atoms with Crippen LogP contribution in [0.3, 0.4) is 0 Å². The third kappa shape index (κ3) is 4.25. The molecule has 0 radical (unpaired) electrons. The van der Waals surface area contributed by atoms with Crippen molar-refractivity contribution in [2.45, 2.75) is 26.2 Å². The van der Waals surface area contributed by atoms with Gasteiger partial charge in [-0.2, -0.15) is 0 Å². The molecule has 1 aliphatic heterocycles. The number of aliphatic hydroxyl groups excluding tert-OH is 1. The number of hydrogen-bond acceptors (Lipinski definition) is 8. The van der Waals surface area contributed by atoms with Crippen LogP contribution in [0.25, 0.3) is 0 Å². The predicted octanol–water partition coefficient (Wildman–Crippen LogP) is 2.14. The average molecular weight is 390 g/mol. The summed E-state index contributed by atoms with van der Waals surface area (Å²) in [6.45, 7) is 3.02. The van der Waals surface area contributed by atoms with Crippen molar-refractivity contribution in [3.63, 3.8) is 0 Å². The van der Waals surface area contributed by atoms with Crippen molar-refractivity contribution in [3.8, 4) is 0 Å². The molecule has 2 rings (SSSR count). The van der Waals surface area contributed by atoms with Crippen LogP contribution in [0.4, 0.5) is 5.69 Å². The normalized spacial score (nSPS) is 19.1. The first kappa shape index (κ1) is 21.2. The minimum absolute atomic E-state index is 0.0265. The van der Waals surface area contributed by atoms with Gasteiger partial charge in [-0.25, -0.2) is 4.79 Å². The van der Waals surface area contributed by atoms with E-state index < -0.39 is 28.7 Å². The fraction of sp³-hybridized carbons (Fsp3) is 0.421. The second-order valence-corrected chi connectivity index (χ2v) is 6.26. The molecule has 0 amide bonds. The Bertz CT molecular complexity index is 844. The Kier molecular flexibility index (Phi) is 7.00. The lowest BCUT2D eigenvalue weighted by atomic mass is 9.75. The zero-order chi connectivity index (χ0) is 20.8. The third-order valence-corrected chi connectivity index (χ3v) is 4.51. The number of nitro benzene ring substituents is 1. The fourth-order valence-corrected chi connectivity index (χ4v) is 3.29. The first-order chi connectivity index (χ1) is 13.3. The fourth-order valence-electron chi connectivity index (χ4n) is 3.29. The number of aliphatic imine (C=N–C) groups is 1. The number of nitrogens with zero attached hydrogens (tertiary/aromatic N) is 2. The molecule has 0 aromatic heterocycles. The van der Waals surface area contributed by atoms with Gasteiger partial charge < -0.3 is 14.6 Å². The minimum atomic E-state index is -1.00. The number of hydrogen-bond donors (Lipinski definition) is 1. The average Bonchev–Trinajstić information content (AvgIpc) is 2.66. The Morgan fingerprint density at radius 2 is 1.96 bits per heavy atom. The molecule has 2 atom stereocenters. The van der Waals surface area contributed by atoms with Crippen LogP contribution in [0, 0.1) is 16.0 Å². The summed E-state index contributed by atoms with van der Waals surface area (Å²) in [6, 6.07) is 5.93. The number of methoxy groups -OCH3 is 1. The molecule has 0 saturated carbocycles. The summed E-state index contributed by atoms with van der Waals surface area (Å²) < 4.78 is 10.1. The molecular formula is C19H22N2O7. The van der Waals surface area contributed by atoms with Gasteiger partial charge in [0.15, 0.2) is 0 Å². The molecule has 0 saturated heterocycles. The van der Waals surface area contributed by atoms with Crippen molar-refractivity contribution in [1.82, 2.24) is 0 Å². The van der Waals surface area contributed by atoms with Gasteiger partial charge in [0.2, 0.25) is 0 Å². The molecule has 0 aliphatic carbocycles. The molecule has 2 unspecified atom stereocenters. The SMILES string of the molecule is COC(=O)C1C(C)=NC(C)=C(C(=O)OCCCO)C1c1ccccc1[N+](=O)[O-]. The molecule has 1 aromatic carbocycles. The number of benzene rings is 1. The highest BCUT2D eigenvalue weighted by molar-refractivity contribution is 6.07. The number of nitro groups is 1. The minimum Gasteiger partial charge on any atom is -0.468 e. The number of carbonyl (C=O) groups excluding carboxylic acids is 2. The quantitative estimate of drug-likeness (QED) is 0.327. The molecule has 28 heavy (non-hydrogen) atoms. The van der Waals surface area contributed by atoms with Crippen LogP contribution >= 0.6 is 0 Å². The molecule has 1 N–H and O–H groups in total. The van der Waals surface area contributed by atoms with Crippen LogP contribution in [-0.4, -0.2) is 48.0 Å². The number of ether oxygens (including phenoxy) is 2. The van der Waals surface area contributed by atoms with E-state index in [0.717, 1.165) is 0 Å². The number of esters is 2. The highest BCUT2D eigenvalue weighted by Crippen LogP contribution is 2.43. The molecule has 0 fully saturated rings. The zero-order valence-electron chi connectivity index (χ0n) is 15.9. The van der Waals surface area contributed by atoms with Gasteiger partial charge in [0.25, 0.3) is 5.69 Å². The lowest BCUT2D eigenvalue weighted by Crippen LogP contribution is -2.36. The molecule has 150 valence electrons. The van der Waals surface area contributed by atoms with Gasteiger partial charge in [-0.15, -0.1) is 0 Å². The summed E-state index contributed by atoms with van der Waals surface area (Å²) in [5.74, 6) is -3.37. The number of para-hydroxylation sites is 1. The molecule has 1 aromatic rings. The Hall–Kier alpha value is -3.07. The van der Waals surface area contributed by atoms with Crippen LogP contribution in [0.1, 0.15) is 31.7 Å². The predicted molar refractivity (Wildman–Crippen MR) is 99.8 cm³/mol. The Balaban J connectivity index is 2.65. The standard InChI is InChI=1S/C19H22N2O7/c1-11-15(18(23)27-3)17(13-7-4-5-8-14(13)21(25)26)16(12(2)20-11)19(24)28-10-6-9-22/h4-5,7-8,15,17,22H,6,9-10H2,1-3H3. The van der Waals surface area contributed by atoms with Gasteiger partial charge in [-0.05, 0) is 13.8 Å². The Labute approximate surface area is 161 Å². The van der Waals surface area contributed by atoms with Crippen LogP contribution in [0.2, 0.25) is 0 Å². The Morgan fingerprint density at radius 3 is 2.57 bits per heavy atom. The summed E-state index contributed by atoms with van der Waals surface area (Å²) in [6.07, 6.45) is 0.247. The molecule has 1 aliphatic rings. The van der Waals surface area contributed by atoms with E-state index in [0.29, 0.717) is 11.4 Å². The third-order valence-electron chi connectivity index (χ3n) is 4.51. The highest BCUT2D eigenvalue weighted by Gasteiger charge is 2.44. The van der Waals surface area contributed by atoms with Gasteiger partial charge in [-0.3, -0.25) is 19.9 Å². The summed E-state index contributed by atoms with van der Waals surface area (Å²) in [5, 5.41) is 20.4. The van der Waals surface area contributed by atoms with E-state index >= 15 is 0 Å². The number of aliphatic hydroxyl groups is 1. The van der Waals surface area contributed by atoms with Crippen molar-refractivity contribution < 1.29 is 29.1 Å². The zero-order valence-corrected chi connectivity index (χ0v) is 15.9. The first-order valence-corrected chi connectivity index (χ1v) is 8.68. The van der Waals surface area contributed by atoms with E-state index in [1.54, 1.807) is 19.9 Å². The second kappa shape index (κ2) is 9.23. The van der Waals surface area contributed by atoms with Gasteiger partial charge in [0, 0.05) is 42.0 Å². The maximum atomic E-state index is 12.8. The van der Waals surface area contributed by atoms with E-state index in [1.165, 1.54) is 25.3 Å². The van der Waals surface area contributed by atoms with E-state index in [2.05, 4.69) is 4.99 Å². The van der Waals surface area contributed by atoms with Crippen LogP contribution in [-0.2, 0) is 19.1 Å². The lowest BCUT2D eigenvalue weighted by molar-refractivity contribution is -0.385. The Morgan fingerprint density at radius 1 is 1.29 bits per heavy atom. The summed E-state index contributed by atoms with van der Waals surface area (Å²) in [5.41, 5.74) is 0.748. The molecule has 9 nitrogen and oxygen atoms in total. The molecule has 1 heterocycles. The first-order valence-electron chi connectivity index (χ1n) is 8.68. The van der Waals surface area contributed by atoms with Crippen LogP contribution in [0.15, 0.2) is 40.5 Å². The van der Waals surface area contributed by atoms with E-state index in [1.807, 2.05) is 0 Å². The van der Waals surface area contributed by atoms with Crippen LogP contribution in [0.5, 0.6) is 0 Å². The molecule has 0 spiro atoms. The van der Waals surface area contributed by atoms with E-state index in [9.17, 15) is 19.7 Å². The largest absolute Gasteiger partial charge is 0.468 e. The van der Waals surface area contributed by atoms with Crippen molar-refractivity contribution in [2.75, 3.05) is 20.3 Å². The summed E-state index contributed by atoms with van der Waals surface area (Å²) in [4.78, 5) is 40.5. The monoisotopic (exact) mass is 390 g/mol. The van der Waals surface area contributed by atoms with Crippen molar-refractivity contribution in [2.24, 2.45) is 10.9 Å². The number of rotatable bonds is 7. The van der Waals surface area contributed by atoms with Crippen molar-refractivity contribution in [1.29, 1.82) is 0 Å². The maximum Gasteiger partial charge on any atom is 0.336 e. The molecule has 9 heteroatoms. The second-order valence-electron chi connectivity index (χ2n) is 6.26. The van der Waals surface area contributed by atoms with Gasteiger partial charge in [0.05, 0.1) is 24.2 Å². The lowest BCUT2D eigenvalue weighted by Gasteiger charge is -2.31. The summed E-state index contributed by atoms with van der Waals surface area (Å²) >= 11 is 0. The summed E-state index contributed by atoms with van der Waals surface area (Å²) in [7, 11) is 1.20. The smallest absolute Gasteiger partial charge is 0.336 e. The van der Waals surface area contributed by atoms with E-state index in [4.69, 9.17) is 14.6 Å². The van der Waals surface area contributed by atoms with Crippen LogP contribution < -0.4 is 0 Å². The van der Waals surface area contributed by atoms with Crippen molar-refractivity contribution in [3.05, 3.63) is 51.2 Å².